The van der Waals surface area contributed by atoms with E-state index in [-0.39, 0.29) is 6.10 Å². The zero-order valence-electron chi connectivity index (χ0n) is 10.6. The first kappa shape index (κ1) is 12.8. The molecule has 16 heavy (non-hydrogen) atoms. The number of hydrogen-bond donors (Lipinski definition) is 1. The van der Waals surface area contributed by atoms with E-state index in [9.17, 15) is 0 Å². The summed E-state index contributed by atoms with van der Waals surface area (Å²) in [6.07, 6.45) is 2.41. The third-order valence-electron chi connectivity index (χ3n) is 2.12. The number of ether oxygens (including phenoxy) is 1. The van der Waals surface area contributed by atoms with Crippen molar-refractivity contribution in [1.82, 2.24) is 5.32 Å². The van der Waals surface area contributed by atoms with Crippen molar-refractivity contribution in [2.45, 2.75) is 26.9 Å². The van der Waals surface area contributed by atoms with Crippen molar-refractivity contribution >= 4 is 6.08 Å². The molecule has 0 fully saturated rings. The van der Waals surface area contributed by atoms with E-state index in [0.29, 0.717) is 0 Å². The Balaban J connectivity index is 2.67. The van der Waals surface area contributed by atoms with Gasteiger partial charge in [-0.3, -0.25) is 0 Å². The lowest BCUT2D eigenvalue weighted by Crippen LogP contribution is -2.08. The molecule has 1 N–H and O–H groups in total. The Labute approximate surface area is 98.3 Å². The molecule has 88 valence electrons. The number of nitrogens with one attached hydrogen (secondary N) is 1. The zero-order chi connectivity index (χ0) is 12.0. The summed E-state index contributed by atoms with van der Waals surface area (Å²) in [5.74, 6) is 0.929. The van der Waals surface area contributed by atoms with Gasteiger partial charge in [0.05, 0.1) is 6.10 Å². The molecule has 0 aromatic heterocycles. The predicted molar refractivity (Wildman–Crippen MR) is 69.8 cm³/mol. The summed E-state index contributed by atoms with van der Waals surface area (Å²) in [4.78, 5) is 0. The van der Waals surface area contributed by atoms with Gasteiger partial charge >= 0.3 is 0 Å². The second kappa shape index (κ2) is 6.33. The van der Waals surface area contributed by atoms with E-state index < -0.39 is 0 Å². The molecule has 0 aliphatic rings. The van der Waals surface area contributed by atoms with E-state index in [2.05, 4.69) is 30.4 Å². The number of benzene rings is 1. The zero-order valence-corrected chi connectivity index (χ0v) is 10.6. The number of likely N-dealkylation sites (N-methyl/N-ethyl adjacent to an activating group) is 1. The second-order valence-corrected chi connectivity index (χ2v) is 4.26. The molecule has 0 aliphatic heterocycles. The van der Waals surface area contributed by atoms with Gasteiger partial charge in [-0.25, -0.2) is 0 Å². The second-order valence-electron chi connectivity index (χ2n) is 4.26. The van der Waals surface area contributed by atoms with Crippen molar-refractivity contribution in [3.63, 3.8) is 0 Å². The molecule has 0 radical (unpaired) electrons. The Morgan fingerprint density at radius 1 is 1.31 bits per heavy atom. The largest absolute Gasteiger partial charge is 0.491 e. The molecule has 0 spiro atoms. The Kier molecular flexibility index (Phi) is 5.06. The van der Waals surface area contributed by atoms with Crippen LogP contribution in [0.15, 0.2) is 29.8 Å². The smallest absolute Gasteiger partial charge is 0.119 e. The van der Waals surface area contributed by atoms with Gasteiger partial charge in [0.2, 0.25) is 0 Å². The first-order chi connectivity index (χ1) is 7.61. The van der Waals surface area contributed by atoms with E-state index in [0.717, 1.165) is 12.3 Å². The van der Waals surface area contributed by atoms with Crippen LogP contribution >= 0.6 is 0 Å². The molecular weight excluding hydrogens is 198 g/mol. The van der Waals surface area contributed by atoms with Crippen LogP contribution in [-0.2, 0) is 0 Å². The van der Waals surface area contributed by atoms with Crippen LogP contribution in [0.25, 0.3) is 6.08 Å². The van der Waals surface area contributed by atoms with Gasteiger partial charge in [-0.2, -0.15) is 0 Å². The van der Waals surface area contributed by atoms with Gasteiger partial charge in [0.25, 0.3) is 0 Å². The molecule has 2 nitrogen and oxygen atoms in total. The Bertz CT molecular complexity index is 338. The topological polar surface area (TPSA) is 21.3 Å². The quantitative estimate of drug-likeness (QED) is 0.821. The van der Waals surface area contributed by atoms with E-state index in [1.54, 1.807) is 0 Å². The number of hydrogen-bond acceptors (Lipinski definition) is 2. The maximum Gasteiger partial charge on any atom is 0.119 e. The van der Waals surface area contributed by atoms with Crippen molar-refractivity contribution in [2.75, 3.05) is 13.6 Å². The standard InChI is InChI=1S/C14H21NO/c1-11(2)16-14-7-5-13(6-8-14)9-12(3)10-15-4/h5-9,11,15H,10H2,1-4H3. The van der Waals surface area contributed by atoms with Crippen LogP contribution in [0.5, 0.6) is 5.75 Å². The Hall–Kier alpha value is -1.28. The molecule has 0 saturated carbocycles. The Morgan fingerprint density at radius 2 is 1.94 bits per heavy atom. The number of rotatable bonds is 5. The monoisotopic (exact) mass is 219 g/mol. The molecule has 0 amide bonds. The van der Waals surface area contributed by atoms with Crippen molar-refractivity contribution in [3.05, 3.63) is 35.4 Å². The van der Waals surface area contributed by atoms with E-state index in [4.69, 9.17) is 4.74 Å². The van der Waals surface area contributed by atoms with Crippen LogP contribution < -0.4 is 10.1 Å². The molecule has 0 unspecified atom stereocenters. The summed E-state index contributed by atoms with van der Waals surface area (Å²) in [7, 11) is 1.96. The molecule has 1 aromatic carbocycles. The highest BCUT2D eigenvalue weighted by atomic mass is 16.5. The highest BCUT2D eigenvalue weighted by Gasteiger charge is 1.97. The fourth-order valence-electron chi connectivity index (χ4n) is 1.53. The average molecular weight is 219 g/mol. The lowest BCUT2D eigenvalue weighted by molar-refractivity contribution is 0.242. The van der Waals surface area contributed by atoms with Gasteiger partial charge < -0.3 is 10.1 Å². The van der Waals surface area contributed by atoms with Gasteiger partial charge in [0.15, 0.2) is 0 Å². The molecular formula is C14H21NO. The first-order valence-electron chi connectivity index (χ1n) is 5.70. The van der Waals surface area contributed by atoms with Gasteiger partial charge in [-0.05, 0) is 45.5 Å². The van der Waals surface area contributed by atoms with Crippen LogP contribution in [0.4, 0.5) is 0 Å². The molecule has 0 atom stereocenters. The maximum atomic E-state index is 5.59. The van der Waals surface area contributed by atoms with Crippen LogP contribution in [-0.4, -0.2) is 19.7 Å². The third-order valence-corrected chi connectivity index (χ3v) is 2.12. The molecule has 1 aromatic rings. The molecule has 0 saturated heterocycles. The molecule has 0 aliphatic carbocycles. The minimum Gasteiger partial charge on any atom is -0.491 e. The summed E-state index contributed by atoms with van der Waals surface area (Å²) >= 11 is 0. The van der Waals surface area contributed by atoms with Gasteiger partial charge in [0, 0.05) is 6.54 Å². The van der Waals surface area contributed by atoms with Crippen molar-refractivity contribution in [1.29, 1.82) is 0 Å². The van der Waals surface area contributed by atoms with Gasteiger partial charge in [-0.1, -0.05) is 23.8 Å². The summed E-state index contributed by atoms with van der Waals surface area (Å²) in [6, 6.07) is 8.19. The summed E-state index contributed by atoms with van der Waals surface area (Å²) in [5.41, 5.74) is 2.53. The van der Waals surface area contributed by atoms with Crippen molar-refractivity contribution in [3.8, 4) is 5.75 Å². The normalized spacial score (nSPS) is 11.9. The predicted octanol–water partition coefficient (Wildman–Crippen LogP) is 3.10. The maximum absolute atomic E-state index is 5.59. The highest BCUT2D eigenvalue weighted by molar-refractivity contribution is 5.53. The minimum atomic E-state index is 0.229. The van der Waals surface area contributed by atoms with Crippen LogP contribution in [0.3, 0.4) is 0 Å². The lowest BCUT2D eigenvalue weighted by atomic mass is 10.1. The van der Waals surface area contributed by atoms with Gasteiger partial charge in [0.1, 0.15) is 5.75 Å². The Morgan fingerprint density at radius 3 is 2.44 bits per heavy atom. The van der Waals surface area contributed by atoms with E-state index in [1.165, 1.54) is 11.1 Å². The van der Waals surface area contributed by atoms with Gasteiger partial charge in [-0.15, -0.1) is 0 Å². The van der Waals surface area contributed by atoms with Crippen LogP contribution in [0.2, 0.25) is 0 Å². The summed E-state index contributed by atoms with van der Waals surface area (Å²) < 4.78 is 5.59. The fraction of sp³-hybridized carbons (Fsp3) is 0.429. The first-order valence-corrected chi connectivity index (χ1v) is 5.70. The van der Waals surface area contributed by atoms with E-state index in [1.807, 2.05) is 33.0 Å². The molecule has 0 heterocycles. The minimum absolute atomic E-state index is 0.229. The molecule has 1 rings (SSSR count). The molecule has 2 heteroatoms. The van der Waals surface area contributed by atoms with Crippen LogP contribution in [0.1, 0.15) is 26.3 Å². The third kappa shape index (κ3) is 4.49. The highest BCUT2D eigenvalue weighted by Crippen LogP contribution is 2.15. The lowest BCUT2D eigenvalue weighted by Gasteiger charge is -2.09. The van der Waals surface area contributed by atoms with Crippen molar-refractivity contribution in [2.24, 2.45) is 0 Å². The summed E-state index contributed by atoms with van der Waals surface area (Å²) in [6.45, 7) is 7.11. The average Bonchev–Trinajstić information content (AvgIpc) is 2.20. The fourth-order valence-corrected chi connectivity index (χ4v) is 1.53. The molecule has 0 bridgehead atoms. The van der Waals surface area contributed by atoms with Crippen LogP contribution in [0, 0.1) is 0 Å². The van der Waals surface area contributed by atoms with E-state index >= 15 is 0 Å². The van der Waals surface area contributed by atoms with Crippen molar-refractivity contribution < 1.29 is 4.74 Å². The summed E-state index contributed by atoms with van der Waals surface area (Å²) in [5, 5.41) is 3.13. The SMILES string of the molecule is CNCC(C)=Cc1ccc(OC(C)C)cc1.